The van der Waals surface area contributed by atoms with E-state index in [0.717, 1.165) is 81.1 Å². The zero-order valence-electron chi connectivity index (χ0n) is 44.8. The number of aromatic nitrogens is 2. The number of amides is 4. The first-order valence-corrected chi connectivity index (χ1v) is 30.3. The van der Waals surface area contributed by atoms with Gasteiger partial charge < -0.3 is 45.3 Å². The number of carbonyl (C=O) groups is 4. The van der Waals surface area contributed by atoms with Gasteiger partial charge in [0.25, 0.3) is 10.0 Å². The summed E-state index contributed by atoms with van der Waals surface area (Å²) >= 11 is 7.93. The van der Waals surface area contributed by atoms with Crippen LogP contribution in [0.5, 0.6) is 5.75 Å². The number of rotatable bonds is 24. The molecule has 77 heavy (non-hydrogen) atoms. The van der Waals surface area contributed by atoms with Crippen LogP contribution in [0.4, 0.5) is 9.52 Å². The number of sulfonamides is 1. The van der Waals surface area contributed by atoms with Crippen molar-refractivity contribution < 1.29 is 46.2 Å². The van der Waals surface area contributed by atoms with E-state index in [1.807, 2.05) is 26.2 Å². The number of likely N-dealkylation sites (N-methyl/N-ethyl adjacent to an activating group) is 1. The van der Waals surface area contributed by atoms with Crippen molar-refractivity contribution >= 4 is 71.9 Å². The Labute approximate surface area is 461 Å². The Morgan fingerprint density at radius 3 is 2.36 bits per heavy atom. The highest BCUT2D eigenvalue weighted by Crippen LogP contribution is 2.40. The minimum atomic E-state index is -4.33. The average Bonchev–Trinajstić information content (AvgIpc) is 3.99. The molecule has 3 saturated carbocycles. The van der Waals surface area contributed by atoms with E-state index in [2.05, 4.69) is 40.9 Å². The van der Waals surface area contributed by atoms with Gasteiger partial charge in [-0.25, -0.2) is 17.8 Å². The number of halogens is 2. The SMILES string of the molecule is CC1C(S(=O)(=O)Nc2nc3ccc(OCCCNC(=O)C4CCC(NC(=O)CCCOC5CCC(OCCNC(=O)[C@H]6CC(=O)N(C)[C@@H]6c6cccnc6)CC5)CC4)cc3s2)=C(F)C=C(N[C@@H]2CCCC[C@H]2N(C)C)C1Cl. The smallest absolute Gasteiger partial charge is 0.263 e. The molecule has 5 N–H and O–H groups in total. The standard InChI is InChI=1S/C55H77ClFN9O9S2/c1-34-50(56)45(62-43-11-5-6-12-46(43)65(2)3)32-42(57)52(34)77(71,72)64-55-63-44-23-22-40(30-47(44)76-55)74-28-9-25-59-53(69)35-14-16-37(17-15-35)61-48(67)13-8-27-73-38-18-20-39(21-19-38)75-29-26-60-54(70)41-31-49(68)66(4)51(41)36-10-7-24-58-33-36/h7,10,22-24,30,32-35,37-39,41,43,46,50-51,62H,5-6,8-9,11-21,25-29,31H2,1-4H3,(H,59,69)(H,60,70)(H,61,67)(H,63,64)/t34?,35?,37?,38?,39?,41-,43+,46+,50?,51+/m0/s1. The number of thiazole rings is 1. The largest absolute Gasteiger partial charge is 0.493 e. The van der Waals surface area contributed by atoms with Gasteiger partial charge in [0.15, 0.2) is 5.13 Å². The number of likely N-dealkylation sites (tertiary alicyclic amines) is 1. The molecule has 2 unspecified atom stereocenters. The molecule has 4 aliphatic carbocycles. The molecule has 0 bridgehead atoms. The first-order chi connectivity index (χ1) is 37.0. The Balaban J connectivity index is 0.655. The van der Waals surface area contributed by atoms with Crippen molar-refractivity contribution in [3.63, 3.8) is 0 Å². The fraction of sp³-hybridized carbons (Fsp3) is 0.636. The molecule has 2 aromatic heterocycles. The number of hydrogen-bond acceptors (Lipinski definition) is 14. The summed E-state index contributed by atoms with van der Waals surface area (Å²) in [5.41, 5.74) is 1.90. The van der Waals surface area contributed by atoms with Crippen molar-refractivity contribution in [2.45, 2.75) is 151 Å². The van der Waals surface area contributed by atoms with Crippen LogP contribution < -0.4 is 30.7 Å². The van der Waals surface area contributed by atoms with E-state index in [4.69, 9.17) is 25.8 Å². The lowest BCUT2D eigenvalue weighted by Gasteiger charge is -2.39. The van der Waals surface area contributed by atoms with Gasteiger partial charge in [0.05, 0.1) is 53.0 Å². The summed E-state index contributed by atoms with van der Waals surface area (Å²) in [6.45, 7) is 3.69. The maximum absolute atomic E-state index is 15.7. The number of alkyl halides is 1. The Hall–Kier alpha value is -4.93. The number of fused-ring (bicyclic) bond motifs is 1. The van der Waals surface area contributed by atoms with E-state index in [9.17, 15) is 27.6 Å². The zero-order valence-corrected chi connectivity index (χ0v) is 47.2. The van der Waals surface area contributed by atoms with Crippen LogP contribution in [0.25, 0.3) is 10.2 Å². The summed E-state index contributed by atoms with van der Waals surface area (Å²) in [7, 11) is 1.45. The Bertz CT molecular complexity index is 2680. The monoisotopic (exact) mass is 1130 g/mol. The van der Waals surface area contributed by atoms with Crippen molar-refractivity contribution in [3.8, 4) is 5.75 Å². The lowest BCUT2D eigenvalue weighted by molar-refractivity contribution is -0.128. The summed E-state index contributed by atoms with van der Waals surface area (Å²) in [6.07, 6.45) is 17.1. The van der Waals surface area contributed by atoms with Crippen molar-refractivity contribution in [2.75, 3.05) is 58.8 Å². The van der Waals surface area contributed by atoms with Crippen LogP contribution in [0.15, 0.2) is 65.2 Å². The van der Waals surface area contributed by atoms with Gasteiger partial charge in [0, 0.05) is 87.6 Å². The minimum Gasteiger partial charge on any atom is -0.493 e. The quantitative estimate of drug-likeness (QED) is 0.0442. The van der Waals surface area contributed by atoms with Crippen molar-refractivity contribution in [2.24, 2.45) is 17.8 Å². The molecular weight excluding hydrogens is 1050 g/mol. The molecule has 3 heterocycles. The molecule has 6 atom stereocenters. The predicted octanol–water partition coefficient (Wildman–Crippen LogP) is 7.24. The molecule has 1 aliphatic heterocycles. The third-order valence-corrected chi connectivity index (χ3v) is 19.1. The second-order valence-electron chi connectivity index (χ2n) is 21.5. The first-order valence-electron chi connectivity index (χ1n) is 27.5. The molecule has 422 valence electrons. The van der Waals surface area contributed by atoms with Gasteiger partial charge in [-0.1, -0.05) is 37.2 Å². The van der Waals surface area contributed by atoms with Crippen LogP contribution >= 0.6 is 22.9 Å². The number of anilines is 1. The molecule has 0 spiro atoms. The van der Waals surface area contributed by atoms with E-state index in [-0.39, 0.29) is 77.5 Å². The summed E-state index contributed by atoms with van der Waals surface area (Å²) in [5.74, 6) is -1.90. The lowest BCUT2D eigenvalue weighted by atomic mass is 9.85. The molecule has 22 heteroatoms. The zero-order chi connectivity index (χ0) is 54.6. The van der Waals surface area contributed by atoms with Gasteiger partial charge in [0.2, 0.25) is 23.6 Å². The minimum absolute atomic E-state index is 0.00122. The highest BCUT2D eigenvalue weighted by molar-refractivity contribution is 7.96. The third-order valence-electron chi connectivity index (χ3n) is 15.9. The van der Waals surface area contributed by atoms with Gasteiger partial charge in [0.1, 0.15) is 16.5 Å². The molecule has 4 fully saturated rings. The molecule has 0 radical (unpaired) electrons. The summed E-state index contributed by atoms with van der Waals surface area (Å²) in [6, 6.07) is 9.03. The number of nitrogens with zero attached hydrogens (tertiary/aromatic N) is 4. The molecule has 4 amide bonds. The van der Waals surface area contributed by atoms with E-state index in [1.54, 1.807) is 49.5 Å². The molecule has 5 aliphatic rings. The lowest BCUT2D eigenvalue weighted by Crippen LogP contribution is -2.50. The number of benzene rings is 1. The fourth-order valence-corrected chi connectivity index (χ4v) is 14.5. The van der Waals surface area contributed by atoms with Gasteiger partial charge in [-0.3, -0.25) is 28.9 Å². The third kappa shape index (κ3) is 15.5. The second-order valence-corrected chi connectivity index (χ2v) is 24.7. The molecular formula is C55H77ClFN9O9S2. The van der Waals surface area contributed by atoms with Crippen molar-refractivity contribution in [1.82, 2.24) is 41.0 Å². The summed E-state index contributed by atoms with van der Waals surface area (Å²) in [4.78, 5) is 63.3. The van der Waals surface area contributed by atoms with Crippen LogP contribution in [0, 0.1) is 17.8 Å². The molecule has 1 saturated heterocycles. The topological polar surface area (TPSA) is 223 Å². The Kier molecular flexibility index (Phi) is 20.6. The van der Waals surface area contributed by atoms with Crippen molar-refractivity contribution in [3.05, 3.63) is 70.8 Å². The average molecular weight is 1130 g/mol. The van der Waals surface area contributed by atoms with Gasteiger partial charge in [-0.05, 0) is 127 Å². The normalized spacial score (nSPS) is 27.1. The van der Waals surface area contributed by atoms with Crippen molar-refractivity contribution in [1.29, 1.82) is 0 Å². The van der Waals surface area contributed by atoms with E-state index in [1.165, 1.54) is 6.08 Å². The Morgan fingerprint density at radius 2 is 1.64 bits per heavy atom. The number of hydrogen-bond donors (Lipinski definition) is 5. The summed E-state index contributed by atoms with van der Waals surface area (Å²) in [5, 5.41) is 11.9. The van der Waals surface area contributed by atoms with E-state index in [0.29, 0.717) is 86.7 Å². The van der Waals surface area contributed by atoms with Crippen LogP contribution in [0.3, 0.4) is 0 Å². The maximum atomic E-state index is 15.7. The van der Waals surface area contributed by atoms with Crippen LogP contribution in [-0.4, -0.2) is 142 Å². The number of nitrogens with one attached hydrogen (secondary N) is 5. The second kappa shape index (κ2) is 27.3. The van der Waals surface area contributed by atoms with Crippen LogP contribution in [0.1, 0.15) is 121 Å². The van der Waals surface area contributed by atoms with Gasteiger partial charge >= 0.3 is 0 Å². The maximum Gasteiger partial charge on any atom is 0.263 e. The number of ether oxygens (including phenoxy) is 3. The molecule has 1 aromatic carbocycles. The highest BCUT2D eigenvalue weighted by atomic mass is 35.5. The van der Waals surface area contributed by atoms with Gasteiger partial charge in [-0.15, -0.1) is 11.6 Å². The van der Waals surface area contributed by atoms with E-state index < -0.39 is 38.0 Å². The number of carbonyl (C=O) groups excluding carboxylic acids is 4. The molecule has 3 aromatic rings. The van der Waals surface area contributed by atoms with Gasteiger partial charge in [-0.2, -0.15) is 0 Å². The first kappa shape index (κ1) is 58.2. The Morgan fingerprint density at radius 1 is 0.909 bits per heavy atom. The van der Waals surface area contributed by atoms with Crippen LogP contribution in [0.2, 0.25) is 0 Å². The molecule has 18 nitrogen and oxygen atoms in total. The summed E-state index contributed by atoms with van der Waals surface area (Å²) < 4.78 is 64.3. The number of allylic oxidation sites excluding steroid dienone is 4. The fourth-order valence-electron chi connectivity index (χ4n) is 11.6. The number of pyridine rings is 1. The highest BCUT2D eigenvalue weighted by Gasteiger charge is 2.43. The predicted molar refractivity (Wildman–Crippen MR) is 295 cm³/mol. The van der Waals surface area contributed by atoms with Crippen LogP contribution in [-0.2, 0) is 38.7 Å². The van der Waals surface area contributed by atoms with E-state index >= 15 is 4.39 Å². The molecule has 8 rings (SSSR count).